The smallest absolute Gasteiger partial charge is 0.387 e. The second kappa shape index (κ2) is 9.71. The number of aliphatic imine (C=N–C) groups is 1. The molecule has 9 nitrogen and oxygen atoms in total. The van der Waals surface area contributed by atoms with Crippen molar-refractivity contribution in [1.29, 1.82) is 0 Å². The van der Waals surface area contributed by atoms with Gasteiger partial charge in [-0.05, 0) is 13.0 Å². The number of fused-ring (bicyclic) bond motifs is 1. The molecule has 1 aliphatic rings. The number of ether oxygens (including phenoxy) is 3. The Balaban J connectivity index is 0.00000280. The van der Waals surface area contributed by atoms with Gasteiger partial charge in [0.05, 0.1) is 6.54 Å². The van der Waals surface area contributed by atoms with Crippen molar-refractivity contribution in [2.75, 3.05) is 13.8 Å². The summed E-state index contributed by atoms with van der Waals surface area (Å²) in [4.78, 5) is 4.11. The Hall–Kier alpha value is -2.38. The summed E-state index contributed by atoms with van der Waals surface area (Å²) in [7, 11) is 3.47. The molecule has 0 atom stereocenters. The number of rotatable bonds is 6. The molecule has 0 radical (unpaired) electrons. The molecule has 0 saturated carbocycles. The van der Waals surface area contributed by atoms with Crippen LogP contribution in [0.15, 0.2) is 17.1 Å². The first-order valence-electron chi connectivity index (χ1n) is 8.14. The number of benzene rings is 1. The first-order valence-corrected chi connectivity index (χ1v) is 8.14. The number of hydrogen-bond donors (Lipinski definition) is 2. The molecule has 2 aromatic rings. The standard InChI is InChI=1S/C16H20F2N6O3.HI/c1-9-22-23-14(24(9)3)7-21-16(19-2)20-6-10-4-12-13(26-8-25-12)5-11(10)27-15(17)18;/h4-5,15H,6-8H2,1-3H3,(H2,19,20,21);1H. The van der Waals surface area contributed by atoms with Crippen molar-refractivity contribution >= 4 is 29.9 Å². The van der Waals surface area contributed by atoms with Crippen LogP contribution in [-0.2, 0) is 20.1 Å². The Labute approximate surface area is 177 Å². The van der Waals surface area contributed by atoms with E-state index in [1.807, 2.05) is 18.5 Å². The third-order valence-corrected chi connectivity index (χ3v) is 4.04. The maximum absolute atomic E-state index is 12.7. The van der Waals surface area contributed by atoms with Crippen LogP contribution in [0.5, 0.6) is 17.2 Å². The van der Waals surface area contributed by atoms with Gasteiger partial charge in [0.25, 0.3) is 0 Å². The fraction of sp³-hybridized carbons (Fsp3) is 0.438. The third kappa shape index (κ3) is 5.11. The van der Waals surface area contributed by atoms with Crippen molar-refractivity contribution in [2.45, 2.75) is 26.6 Å². The molecule has 0 unspecified atom stereocenters. The summed E-state index contributed by atoms with van der Waals surface area (Å²) in [6.07, 6.45) is 0. The van der Waals surface area contributed by atoms with Crippen molar-refractivity contribution < 1.29 is 23.0 Å². The number of nitrogens with zero attached hydrogens (tertiary/aromatic N) is 4. The summed E-state index contributed by atoms with van der Waals surface area (Å²) in [5, 5.41) is 14.2. The van der Waals surface area contributed by atoms with E-state index >= 15 is 0 Å². The predicted octanol–water partition coefficient (Wildman–Crippen LogP) is 1.94. The molecule has 154 valence electrons. The average molecular weight is 510 g/mol. The zero-order chi connectivity index (χ0) is 19.4. The summed E-state index contributed by atoms with van der Waals surface area (Å²) in [6, 6.07) is 3.00. The monoisotopic (exact) mass is 510 g/mol. The van der Waals surface area contributed by atoms with E-state index in [1.165, 1.54) is 6.07 Å². The zero-order valence-electron chi connectivity index (χ0n) is 15.5. The van der Waals surface area contributed by atoms with Crippen LogP contribution in [0.2, 0.25) is 0 Å². The summed E-state index contributed by atoms with van der Waals surface area (Å²) in [5.74, 6) is 2.86. The highest BCUT2D eigenvalue weighted by atomic mass is 127. The molecule has 1 aromatic carbocycles. The summed E-state index contributed by atoms with van der Waals surface area (Å²) in [5.41, 5.74) is 0.483. The Morgan fingerprint density at radius 2 is 1.93 bits per heavy atom. The number of nitrogens with one attached hydrogen (secondary N) is 2. The third-order valence-electron chi connectivity index (χ3n) is 4.04. The lowest BCUT2D eigenvalue weighted by atomic mass is 10.1. The van der Waals surface area contributed by atoms with Crippen molar-refractivity contribution in [1.82, 2.24) is 25.4 Å². The van der Waals surface area contributed by atoms with Crippen LogP contribution in [0.25, 0.3) is 0 Å². The largest absolute Gasteiger partial charge is 0.454 e. The Morgan fingerprint density at radius 1 is 1.25 bits per heavy atom. The van der Waals surface area contributed by atoms with Crippen LogP contribution in [0.3, 0.4) is 0 Å². The van der Waals surface area contributed by atoms with Gasteiger partial charge in [-0.1, -0.05) is 0 Å². The lowest BCUT2D eigenvalue weighted by Gasteiger charge is -2.15. The van der Waals surface area contributed by atoms with Crippen LogP contribution >= 0.6 is 24.0 Å². The van der Waals surface area contributed by atoms with E-state index in [9.17, 15) is 8.78 Å². The molecule has 0 spiro atoms. The SMILES string of the molecule is CN=C(NCc1cc2c(cc1OC(F)F)OCO2)NCc1nnc(C)n1C.I. The lowest BCUT2D eigenvalue weighted by molar-refractivity contribution is -0.0505. The highest BCUT2D eigenvalue weighted by molar-refractivity contribution is 14.0. The topological polar surface area (TPSA) is 94.8 Å². The van der Waals surface area contributed by atoms with Gasteiger partial charge in [-0.15, -0.1) is 34.2 Å². The molecule has 0 fully saturated rings. The molecular formula is C16H21F2IN6O3. The van der Waals surface area contributed by atoms with Gasteiger partial charge in [0.1, 0.15) is 11.6 Å². The van der Waals surface area contributed by atoms with E-state index in [0.717, 1.165) is 11.6 Å². The van der Waals surface area contributed by atoms with E-state index in [0.29, 0.717) is 29.6 Å². The normalized spacial score (nSPS) is 12.7. The minimum Gasteiger partial charge on any atom is -0.454 e. The van der Waals surface area contributed by atoms with Crippen LogP contribution < -0.4 is 24.8 Å². The number of guanidine groups is 1. The first kappa shape index (κ1) is 21.9. The minimum absolute atomic E-state index is 0. The molecule has 12 heteroatoms. The highest BCUT2D eigenvalue weighted by Gasteiger charge is 2.20. The van der Waals surface area contributed by atoms with Gasteiger partial charge in [0, 0.05) is 32.3 Å². The zero-order valence-corrected chi connectivity index (χ0v) is 17.9. The number of halogens is 3. The van der Waals surface area contributed by atoms with Crippen molar-refractivity contribution in [3.8, 4) is 17.2 Å². The summed E-state index contributed by atoms with van der Waals surface area (Å²) < 4.78 is 42.3. The second-order valence-electron chi connectivity index (χ2n) is 5.69. The van der Waals surface area contributed by atoms with Crippen molar-refractivity contribution in [3.63, 3.8) is 0 Å². The summed E-state index contributed by atoms with van der Waals surface area (Å²) >= 11 is 0. The maximum atomic E-state index is 12.7. The van der Waals surface area contributed by atoms with Crippen LogP contribution in [0.4, 0.5) is 8.78 Å². The number of aryl methyl sites for hydroxylation is 1. The first-order chi connectivity index (χ1) is 13.0. The fourth-order valence-electron chi connectivity index (χ4n) is 2.48. The van der Waals surface area contributed by atoms with Gasteiger partial charge in [-0.25, -0.2) is 0 Å². The van der Waals surface area contributed by atoms with Gasteiger partial charge < -0.3 is 29.4 Å². The fourth-order valence-corrected chi connectivity index (χ4v) is 2.48. The molecule has 0 amide bonds. The molecule has 0 aliphatic carbocycles. The highest BCUT2D eigenvalue weighted by Crippen LogP contribution is 2.38. The van der Waals surface area contributed by atoms with E-state index in [4.69, 9.17) is 9.47 Å². The molecule has 0 saturated heterocycles. The van der Waals surface area contributed by atoms with Gasteiger partial charge in [-0.2, -0.15) is 8.78 Å². The molecule has 3 rings (SSSR count). The molecule has 0 bridgehead atoms. The molecule has 2 N–H and O–H groups in total. The quantitative estimate of drug-likeness (QED) is 0.349. The second-order valence-corrected chi connectivity index (χ2v) is 5.69. The maximum Gasteiger partial charge on any atom is 0.387 e. The van der Waals surface area contributed by atoms with Crippen molar-refractivity contribution in [3.05, 3.63) is 29.3 Å². The average Bonchev–Trinajstić information content (AvgIpc) is 3.21. The number of aromatic nitrogens is 3. The molecule has 1 aromatic heterocycles. The van der Waals surface area contributed by atoms with Gasteiger partial charge in [0.2, 0.25) is 6.79 Å². The number of alkyl halides is 2. The molecule has 1 aliphatic heterocycles. The Bertz CT molecular complexity index is 846. The van der Waals surface area contributed by atoms with E-state index in [2.05, 4.69) is 30.6 Å². The Kier molecular flexibility index (Phi) is 7.60. The van der Waals surface area contributed by atoms with Gasteiger partial charge in [0.15, 0.2) is 23.3 Å². The van der Waals surface area contributed by atoms with E-state index in [-0.39, 0.29) is 43.1 Å². The van der Waals surface area contributed by atoms with Crippen LogP contribution in [-0.4, -0.2) is 41.2 Å². The van der Waals surface area contributed by atoms with Gasteiger partial charge in [-0.3, -0.25) is 4.99 Å². The van der Waals surface area contributed by atoms with E-state index in [1.54, 1.807) is 13.1 Å². The molecule has 28 heavy (non-hydrogen) atoms. The lowest BCUT2D eigenvalue weighted by Crippen LogP contribution is -2.37. The molecule has 2 heterocycles. The summed E-state index contributed by atoms with van der Waals surface area (Å²) in [6.45, 7) is -0.455. The van der Waals surface area contributed by atoms with Crippen LogP contribution in [0, 0.1) is 6.92 Å². The number of hydrogen-bond acceptors (Lipinski definition) is 6. The van der Waals surface area contributed by atoms with Gasteiger partial charge >= 0.3 is 6.61 Å². The Morgan fingerprint density at radius 3 is 2.54 bits per heavy atom. The minimum atomic E-state index is -2.94. The van der Waals surface area contributed by atoms with Crippen molar-refractivity contribution in [2.24, 2.45) is 12.0 Å². The van der Waals surface area contributed by atoms with Crippen LogP contribution in [0.1, 0.15) is 17.2 Å². The predicted molar refractivity (Wildman–Crippen MR) is 107 cm³/mol. The van der Waals surface area contributed by atoms with E-state index < -0.39 is 6.61 Å². The molecular weight excluding hydrogens is 489 g/mol.